The Kier molecular flexibility index (Phi) is 1.66. The first-order chi connectivity index (χ1) is 6.96. The summed E-state index contributed by atoms with van der Waals surface area (Å²) in [5, 5.41) is 8.53. The smallest absolute Gasteiger partial charge is 0.320 e. The van der Waals surface area contributed by atoms with E-state index in [1.165, 1.54) is 0 Å². The molecular formula is C6H14N2O2. The Morgan fingerprint density at radius 3 is 2.80 bits per heavy atom. The van der Waals surface area contributed by atoms with Gasteiger partial charge in [0.1, 0.15) is 6.04 Å². The molecule has 0 aliphatic carbocycles. The largest absolute Gasteiger partial charge is 0.480 e. The second-order valence-corrected chi connectivity index (χ2v) is 1.46. The van der Waals surface area contributed by atoms with Crippen molar-refractivity contribution < 1.29 is 18.1 Å². The summed E-state index contributed by atoms with van der Waals surface area (Å²) < 4.78 is 43.5. The molecule has 5 N–H and O–H groups in total. The molecule has 0 aliphatic rings. The molecule has 4 nitrogen and oxygen atoms in total. The van der Waals surface area contributed by atoms with Crippen LogP contribution in [0.5, 0.6) is 0 Å². The fraction of sp³-hybridized carbons (Fsp3) is 0.833. The van der Waals surface area contributed by atoms with Gasteiger partial charge in [-0.15, -0.1) is 0 Å². The third-order valence-corrected chi connectivity index (χ3v) is 0.684. The predicted molar refractivity (Wildman–Crippen MR) is 38.5 cm³/mol. The summed E-state index contributed by atoms with van der Waals surface area (Å²) in [6.45, 7) is -1.69. The van der Waals surface area contributed by atoms with Gasteiger partial charge >= 0.3 is 5.97 Å². The molecule has 0 rings (SSSR count). The first kappa shape index (κ1) is 3.19. The highest BCUT2D eigenvalue weighted by Gasteiger charge is 2.09. The quantitative estimate of drug-likeness (QED) is 0.374. The second-order valence-electron chi connectivity index (χ2n) is 1.46. The fourth-order valence-electron chi connectivity index (χ4n) is 0.248. The normalized spacial score (nSPS) is 31.0. The van der Waals surface area contributed by atoms with Crippen molar-refractivity contribution in [3.63, 3.8) is 0 Å². The minimum atomic E-state index is -3.00. The van der Waals surface area contributed by atoms with E-state index in [4.69, 9.17) is 24.8 Å². The Labute approximate surface area is 68.6 Å². The molecule has 0 bridgehead atoms. The number of carboxylic acids is 1. The molecule has 0 aliphatic heterocycles. The molecule has 0 radical (unpaired) electrons. The Bertz CT molecular complexity index is 272. The van der Waals surface area contributed by atoms with Crippen LogP contribution in [0.1, 0.15) is 27.4 Å². The molecule has 0 aromatic carbocycles. The van der Waals surface area contributed by atoms with E-state index in [9.17, 15) is 4.79 Å². The molecule has 0 aromatic rings. The standard InChI is InChI=1S/C6H14N2O2/c7-4-2-1-3-5(8)6(9)10/h5H,1-4,7-8H2,(H,9,10)/t5-/m0/s1/i1+1D2,2+1D,3+1D2,4+1D,5+1,6+1,7+1,8+1/t2-,4+,5+/m1. The fourth-order valence-corrected chi connectivity index (χ4v) is 0.248. The van der Waals surface area contributed by atoms with Crippen molar-refractivity contribution in [3.05, 3.63) is 0 Å². The van der Waals surface area contributed by atoms with Crippen LogP contribution < -0.4 is 11.5 Å². The minimum Gasteiger partial charge on any atom is -0.480 e. The van der Waals surface area contributed by atoms with Crippen molar-refractivity contribution >= 4 is 5.97 Å². The van der Waals surface area contributed by atoms with E-state index in [-0.39, 0.29) is 0 Å². The van der Waals surface area contributed by atoms with Gasteiger partial charge in [0, 0.05) is 8.22 Å². The molecule has 0 saturated heterocycles. The lowest BCUT2D eigenvalue weighted by molar-refractivity contribution is -0.138. The third-order valence-electron chi connectivity index (χ3n) is 0.684. The van der Waals surface area contributed by atoms with Crippen LogP contribution >= 0.6 is 0 Å². The lowest BCUT2D eigenvalue weighted by atomic mass is 11.1. The van der Waals surface area contributed by atoms with Gasteiger partial charge in [0.2, 0.25) is 0 Å². The summed E-state index contributed by atoms with van der Waals surface area (Å²) in [6, 6.07) is -2.13. The van der Waals surface area contributed by atoms with Crippen molar-refractivity contribution in [1.29, 1.82) is 0 Å². The zero-order valence-electron chi connectivity index (χ0n) is 11.2. The first-order valence-corrected chi connectivity index (χ1v) is 2.54. The van der Waals surface area contributed by atoms with Crippen molar-refractivity contribution in [3.8, 4) is 0 Å². The van der Waals surface area contributed by atoms with Gasteiger partial charge in [-0.05, 0) is 19.3 Å². The van der Waals surface area contributed by atoms with Gasteiger partial charge in [-0.2, -0.15) is 0 Å². The van der Waals surface area contributed by atoms with E-state index >= 15 is 0 Å². The van der Waals surface area contributed by atoms with E-state index in [1.807, 2.05) is 0 Å². The average Bonchev–Trinajstić information content (AvgIpc) is 2.14. The molecule has 0 fully saturated rings. The zero-order chi connectivity index (χ0) is 13.3. The van der Waals surface area contributed by atoms with Crippen LogP contribution in [-0.4, -0.2) is 23.6 Å². The SMILES string of the molecule is [2H][13C@H]([15NH2])[13C@H]([2H])[13C]([2H])([2H])[13C]([2H])([2H])[13C@H]([15NH2])[13C](=O)O. The molecule has 3 atom stereocenters. The van der Waals surface area contributed by atoms with Gasteiger partial charge in [0.05, 0.1) is 0 Å². The number of hydrogen-bond acceptors (Lipinski definition) is 3. The lowest BCUT2D eigenvalue weighted by Crippen LogP contribution is -2.29. The Balaban J connectivity index is 5.19. The van der Waals surface area contributed by atoms with E-state index < -0.39 is 37.7 Å². The summed E-state index contributed by atoms with van der Waals surface area (Å²) >= 11 is 0. The highest BCUT2D eigenvalue weighted by molar-refractivity contribution is 5.72. The number of hydrogen-bond donors (Lipinski definition) is 3. The summed E-state index contributed by atoms with van der Waals surface area (Å²) in [5.41, 5.74) is 10.00. The highest BCUT2D eigenvalue weighted by Crippen LogP contribution is 1.96. The van der Waals surface area contributed by atoms with Crippen LogP contribution in [-0.2, 0) is 4.79 Å². The monoisotopic (exact) mass is 160 g/mol. The molecule has 0 aromatic heterocycles. The molecular weight excluding hydrogens is 140 g/mol. The van der Waals surface area contributed by atoms with Gasteiger partial charge in [-0.1, -0.05) is 6.37 Å². The topological polar surface area (TPSA) is 89.3 Å². The molecule has 60 valence electrons. The van der Waals surface area contributed by atoms with Gasteiger partial charge < -0.3 is 16.6 Å². The average molecular weight is 160 g/mol. The Morgan fingerprint density at radius 2 is 2.40 bits per heavy atom. The van der Waals surface area contributed by atoms with Gasteiger partial charge in [-0.3, -0.25) is 4.79 Å². The van der Waals surface area contributed by atoms with E-state index in [2.05, 4.69) is 0 Å². The minimum absolute atomic E-state index is 1.69. The van der Waals surface area contributed by atoms with Crippen LogP contribution in [0, 0.1) is 0 Å². The molecule has 10 heavy (non-hydrogen) atoms. The van der Waals surface area contributed by atoms with Crippen molar-refractivity contribution in [1.82, 2.24) is 0 Å². The summed E-state index contributed by atoms with van der Waals surface area (Å²) in [6.07, 6.45) is -7.87. The van der Waals surface area contributed by atoms with Crippen LogP contribution in [0.4, 0.5) is 0 Å². The van der Waals surface area contributed by atoms with Gasteiger partial charge in [0.15, 0.2) is 0 Å². The van der Waals surface area contributed by atoms with Gasteiger partial charge in [-0.25, -0.2) is 0 Å². The third kappa shape index (κ3) is 4.29. The molecule has 0 saturated carbocycles. The zero-order valence-corrected chi connectivity index (χ0v) is 5.24. The maximum Gasteiger partial charge on any atom is 0.320 e. The highest BCUT2D eigenvalue weighted by atomic mass is 16.5. The van der Waals surface area contributed by atoms with Crippen molar-refractivity contribution in [2.45, 2.75) is 25.2 Å². The second kappa shape index (κ2) is 5.20. The van der Waals surface area contributed by atoms with Crippen molar-refractivity contribution in [2.75, 3.05) is 6.52 Å². The summed E-state index contributed by atoms with van der Waals surface area (Å²) in [4.78, 5) is 10.5. The predicted octanol–water partition coefficient (Wildman–Crippen LogP) is -0.473. The number of carbonyl (C=O) groups is 1. The molecule has 0 heterocycles. The Hall–Kier alpha value is -0.610. The van der Waals surface area contributed by atoms with Crippen molar-refractivity contribution in [2.24, 2.45) is 11.5 Å². The van der Waals surface area contributed by atoms with Gasteiger partial charge in [0.25, 0.3) is 0 Å². The lowest BCUT2D eigenvalue weighted by Gasteiger charge is -2.03. The van der Waals surface area contributed by atoms with Crippen LogP contribution in [0.25, 0.3) is 0 Å². The molecule has 4 heteroatoms. The number of rotatable bonds is 5. The maximum absolute atomic E-state index is 10.5. The molecule has 0 spiro atoms. The maximum atomic E-state index is 10.5. The van der Waals surface area contributed by atoms with E-state index in [1.54, 1.807) is 0 Å². The van der Waals surface area contributed by atoms with E-state index in [0.29, 0.717) is 0 Å². The number of aliphatic carboxylic acids is 1. The molecule has 0 amide bonds. The molecule has 0 unspecified atom stereocenters. The first-order valence-electron chi connectivity index (χ1n) is 5.70. The van der Waals surface area contributed by atoms with E-state index in [0.717, 1.165) is 0 Å². The van der Waals surface area contributed by atoms with Crippen LogP contribution in [0.2, 0.25) is 0 Å². The summed E-state index contributed by atoms with van der Waals surface area (Å²) in [7, 11) is 0. The van der Waals surface area contributed by atoms with Crippen LogP contribution in [0.3, 0.4) is 0 Å². The number of nitrogens with two attached hydrogens (primary N) is 2. The van der Waals surface area contributed by atoms with Crippen LogP contribution in [0.15, 0.2) is 0 Å². The summed E-state index contributed by atoms with van der Waals surface area (Å²) in [5.74, 6) is -1.72. The number of carboxylic acid groups (broad SMARTS) is 1. The Morgan fingerprint density at radius 1 is 1.80 bits per heavy atom.